The average Bonchev–Trinajstić information content (AvgIpc) is 3.21. The number of fused-ring (bicyclic) bond motifs is 1. The van der Waals surface area contributed by atoms with Gasteiger partial charge in [-0.2, -0.15) is 0 Å². The van der Waals surface area contributed by atoms with Crippen LogP contribution >= 0.6 is 0 Å². The fourth-order valence-corrected chi connectivity index (χ4v) is 5.98. The standard InChI is InChI=1S/C28H31F3N4O6/c1-26(2)15-34(13-16-4-7-20(21(12-16)40-3)41-28(29,30)31)11-10-27(26,39)22-8-5-17-18(32-22)14-35(25(17)38)19-6-9-23(36)33-24(19)37/h4-5,7-8,12,19,39H,6,9-11,13-15H2,1-3H3,(H,33,36,37). The molecule has 10 nitrogen and oxygen atoms in total. The summed E-state index contributed by atoms with van der Waals surface area (Å²) in [5, 5.41) is 14.2. The molecule has 1 aromatic heterocycles. The monoisotopic (exact) mass is 576 g/mol. The fraction of sp³-hybridized carbons (Fsp3) is 0.500. The van der Waals surface area contributed by atoms with Crippen LogP contribution in [-0.2, 0) is 28.3 Å². The summed E-state index contributed by atoms with van der Waals surface area (Å²) in [5.41, 5.74) is -0.0381. The number of imide groups is 1. The third-order valence-corrected chi connectivity index (χ3v) is 8.18. The number of rotatable bonds is 6. The first-order valence-corrected chi connectivity index (χ1v) is 13.2. The quantitative estimate of drug-likeness (QED) is 0.504. The third kappa shape index (κ3) is 5.47. The van der Waals surface area contributed by atoms with Crippen molar-refractivity contribution in [3.63, 3.8) is 0 Å². The second-order valence-electron chi connectivity index (χ2n) is 11.3. The summed E-state index contributed by atoms with van der Waals surface area (Å²) in [4.78, 5) is 45.2. The highest BCUT2D eigenvalue weighted by molar-refractivity contribution is 6.05. The van der Waals surface area contributed by atoms with Gasteiger partial charge in [0.15, 0.2) is 11.5 Å². The Morgan fingerprint density at radius 1 is 1.15 bits per heavy atom. The summed E-state index contributed by atoms with van der Waals surface area (Å²) < 4.78 is 47.2. The third-order valence-electron chi connectivity index (χ3n) is 8.18. The van der Waals surface area contributed by atoms with Crippen molar-refractivity contribution in [3.8, 4) is 11.5 Å². The Bertz CT molecular complexity index is 1400. The number of aliphatic hydroxyl groups is 1. The van der Waals surface area contributed by atoms with Crippen molar-refractivity contribution in [3.05, 3.63) is 52.8 Å². The number of amides is 3. The molecule has 220 valence electrons. The van der Waals surface area contributed by atoms with Crippen LogP contribution in [0.25, 0.3) is 0 Å². The van der Waals surface area contributed by atoms with E-state index in [0.717, 1.165) is 5.56 Å². The van der Waals surface area contributed by atoms with Gasteiger partial charge in [0.2, 0.25) is 11.8 Å². The zero-order valence-electron chi connectivity index (χ0n) is 22.9. The number of carbonyl (C=O) groups excluding carboxylic acids is 3. The highest BCUT2D eigenvalue weighted by Crippen LogP contribution is 2.46. The van der Waals surface area contributed by atoms with E-state index in [9.17, 15) is 32.7 Å². The molecular formula is C28H31F3N4O6. The molecule has 3 amide bonds. The molecule has 13 heteroatoms. The lowest BCUT2D eigenvalue weighted by atomic mass is 9.68. The topological polar surface area (TPSA) is 121 Å². The van der Waals surface area contributed by atoms with Gasteiger partial charge in [0.1, 0.15) is 11.6 Å². The molecular weight excluding hydrogens is 545 g/mol. The maximum absolute atomic E-state index is 13.0. The minimum Gasteiger partial charge on any atom is -0.493 e. The van der Waals surface area contributed by atoms with Gasteiger partial charge >= 0.3 is 6.36 Å². The molecule has 0 saturated carbocycles. The van der Waals surface area contributed by atoms with Crippen molar-refractivity contribution in [1.29, 1.82) is 0 Å². The lowest BCUT2D eigenvalue weighted by Gasteiger charge is -2.50. The SMILES string of the molecule is COc1cc(CN2CCC(O)(c3ccc4c(n3)CN(C3CCC(=O)NC3=O)C4=O)C(C)(C)C2)ccc1OC(F)(F)F. The van der Waals surface area contributed by atoms with Crippen molar-refractivity contribution in [2.24, 2.45) is 5.41 Å². The molecule has 1 aromatic carbocycles. The number of hydrogen-bond donors (Lipinski definition) is 2. The normalized spacial score (nSPS) is 24.7. The number of aromatic nitrogens is 1. The van der Waals surface area contributed by atoms with E-state index >= 15 is 0 Å². The summed E-state index contributed by atoms with van der Waals surface area (Å²) >= 11 is 0. The predicted octanol–water partition coefficient (Wildman–Crippen LogP) is 2.87. The number of piperidine rings is 2. The van der Waals surface area contributed by atoms with Crippen LogP contribution < -0.4 is 14.8 Å². The summed E-state index contributed by atoms with van der Waals surface area (Å²) in [6.07, 6.45) is -4.12. The second kappa shape index (κ2) is 10.3. The molecule has 0 radical (unpaired) electrons. The first-order valence-electron chi connectivity index (χ1n) is 13.2. The summed E-state index contributed by atoms with van der Waals surface area (Å²) in [7, 11) is 1.27. The minimum absolute atomic E-state index is 0.0316. The van der Waals surface area contributed by atoms with E-state index < -0.39 is 35.1 Å². The Morgan fingerprint density at radius 3 is 2.56 bits per heavy atom. The van der Waals surface area contributed by atoms with E-state index in [1.807, 2.05) is 13.8 Å². The van der Waals surface area contributed by atoms with Crippen LogP contribution in [0.1, 0.15) is 60.4 Å². The molecule has 0 aliphatic carbocycles. The first kappa shape index (κ1) is 28.8. The number of ether oxygens (including phenoxy) is 2. The number of benzene rings is 1. The van der Waals surface area contributed by atoms with Gasteiger partial charge in [0.25, 0.3) is 5.91 Å². The number of alkyl halides is 3. The number of hydrogen-bond acceptors (Lipinski definition) is 8. The first-order chi connectivity index (χ1) is 19.2. The number of nitrogens with one attached hydrogen (secondary N) is 1. The maximum Gasteiger partial charge on any atom is 0.573 e. The Labute approximate surface area is 234 Å². The number of pyridine rings is 1. The van der Waals surface area contributed by atoms with Gasteiger partial charge in [-0.1, -0.05) is 19.9 Å². The van der Waals surface area contributed by atoms with Crippen molar-refractivity contribution >= 4 is 17.7 Å². The Kier molecular flexibility index (Phi) is 7.23. The molecule has 0 bridgehead atoms. The molecule has 2 atom stereocenters. The zero-order valence-corrected chi connectivity index (χ0v) is 22.9. The molecule has 4 heterocycles. The highest BCUT2D eigenvalue weighted by atomic mass is 19.4. The minimum atomic E-state index is -4.84. The van der Waals surface area contributed by atoms with Gasteiger partial charge in [-0.25, -0.2) is 0 Å². The van der Waals surface area contributed by atoms with Crippen LogP contribution in [0.2, 0.25) is 0 Å². The van der Waals surface area contributed by atoms with Crippen LogP contribution in [0.15, 0.2) is 30.3 Å². The van der Waals surface area contributed by atoms with Gasteiger partial charge in [-0.15, -0.1) is 13.2 Å². The maximum atomic E-state index is 13.0. The van der Waals surface area contributed by atoms with Crippen LogP contribution in [-0.4, -0.2) is 70.2 Å². The van der Waals surface area contributed by atoms with Gasteiger partial charge in [-0.05, 0) is 42.7 Å². The summed E-state index contributed by atoms with van der Waals surface area (Å²) in [6.45, 7) is 5.27. The lowest BCUT2D eigenvalue weighted by molar-refractivity contribution is -0.275. The number of nitrogens with zero attached hydrogens (tertiary/aromatic N) is 3. The van der Waals surface area contributed by atoms with Crippen molar-refractivity contribution < 1.29 is 42.1 Å². The Balaban J connectivity index is 1.30. The van der Waals surface area contributed by atoms with E-state index in [2.05, 4.69) is 15.0 Å². The van der Waals surface area contributed by atoms with Gasteiger partial charge in [0.05, 0.1) is 30.6 Å². The summed E-state index contributed by atoms with van der Waals surface area (Å²) in [5.74, 6) is -1.66. The smallest absolute Gasteiger partial charge is 0.493 e. The van der Waals surface area contributed by atoms with Gasteiger partial charge in [-0.3, -0.25) is 29.6 Å². The average molecular weight is 577 g/mol. The second-order valence-corrected chi connectivity index (χ2v) is 11.3. The molecule has 41 heavy (non-hydrogen) atoms. The van der Waals surface area contributed by atoms with E-state index in [1.165, 1.54) is 24.1 Å². The molecule has 2 N–H and O–H groups in total. The lowest BCUT2D eigenvalue weighted by Crippen LogP contribution is -2.55. The number of likely N-dealkylation sites (tertiary alicyclic amines) is 1. The van der Waals surface area contributed by atoms with E-state index in [4.69, 9.17) is 9.72 Å². The van der Waals surface area contributed by atoms with Crippen LogP contribution in [0, 0.1) is 5.41 Å². The van der Waals surface area contributed by atoms with Crippen LogP contribution in [0.5, 0.6) is 11.5 Å². The van der Waals surface area contributed by atoms with E-state index in [0.29, 0.717) is 43.0 Å². The molecule has 2 saturated heterocycles. The van der Waals surface area contributed by atoms with E-state index in [1.54, 1.807) is 18.2 Å². The molecule has 3 aliphatic heterocycles. The van der Waals surface area contributed by atoms with Crippen LogP contribution in [0.4, 0.5) is 13.2 Å². The molecule has 5 rings (SSSR count). The number of halogens is 3. The fourth-order valence-electron chi connectivity index (χ4n) is 5.98. The zero-order chi connectivity index (χ0) is 29.7. The predicted molar refractivity (Wildman–Crippen MR) is 138 cm³/mol. The van der Waals surface area contributed by atoms with Crippen molar-refractivity contribution in [2.45, 2.75) is 64.2 Å². The van der Waals surface area contributed by atoms with E-state index in [-0.39, 0.29) is 37.0 Å². The molecule has 3 aliphatic rings. The van der Waals surface area contributed by atoms with Crippen LogP contribution in [0.3, 0.4) is 0 Å². The molecule has 0 spiro atoms. The summed E-state index contributed by atoms with van der Waals surface area (Å²) in [6, 6.07) is 6.79. The van der Waals surface area contributed by atoms with Crippen molar-refractivity contribution in [1.82, 2.24) is 20.1 Å². The van der Waals surface area contributed by atoms with Gasteiger partial charge < -0.3 is 19.5 Å². The Morgan fingerprint density at radius 2 is 1.90 bits per heavy atom. The molecule has 2 fully saturated rings. The largest absolute Gasteiger partial charge is 0.573 e. The number of carbonyl (C=O) groups is 3. The number of methoxy groups -OCH3 is 1. The highest BCUT2D eigenvalue weighted by Gasteiger charge is 2.50. The van der Waals surface area contributed by atoms with Crippen molar-refractivity contribution in [2.75, 3.05) is 20.2 Å². The Hall–Kier alpha value is -3.71. The molecule has 2 aromatic rings. The van der Waals surface area contributed by atoms with Gasteiger partial charge in [0, 0.05) is 31.5 Å². The molecule has 2 unspecified atom stereocenters.